The molecule has 13 heavy (non-hydrogen) atoms. The quantitative estimate of drug-likeness (QED) is 0.392. The summed E-state index contributed by atoms with van der Waals surface area (Å²) in [4.78, 5) is 2.81. The fraction of sp³-hybridized carbons (Fsp3) is 1.00. The third-order valence-electron chi connectivity index (χ3n) is 3.23. The Morgan fingerprint density at radius 1 is 1.69 bits per heavy atom. The number of nitrogens with zero attached hydrogens (tertiary/aromatic N) is 3. The predicted molar refractivity (Wildman–Crippen MR) is 48.2 cm³/mol. The molecule has 0 aromatic heterocycles. The molecule has 2 aliphatic rings. The van der Waals surface area contributed by atoms with Crippen molar-refractivity contribution in [3.8, 4) is 0 Å². The second-order valence-electron chi connectivity index (χ2n) is 3.91. The molecule has 2 saturated heterocycles. The van der Waals surface area contributed by atoms with Crippen LogP contribution in [0.2, 0.25) is 0 Å². The van der Waals surface area contributed by atoms with Gasteiger partial charge in [0.25, 0.3) is 0 Å². The lowest BCUT2D eigenvalue weighted by molar-refractivity contribution is 0.137. The zero-order chi connectivity index (χ0) is 9.15. The van der Waals surface area contributed by atoms with Crippen molar-refractivity contribution in [2.75, 3.05) is 32.8 Å². The van der Waals surface area contributed by atoms with E-state index in [4.69, 9.17) is 10.3 Å². The third-order valence-corrected chi connectivity index (χ3v) is 3.23. The van der Waals surface area contributed by atoms with Crippen LogP contribution in [0.3, 0.4) is 0 Å². The van der Waals surface area contributed by atoms with Gasteiger partial charge in [0.1, 0.15) is 0 Å². The zero-order valence-electron chi connectivity index (χ0n) is 7.57. The minimum absolute atomic E-state index is 0.258. The zero-order valence-corrected chi connectivity index (χ0v) is 7.57. The average Bonchev–Trinajstić information content (AvgIpc) is 2.75. The molecule has 0 amide bonds. The summed E-state index contributed by atoms with van der Waals surface area (Å²) in [7, 11) is 0. The molecule has 0 aliphatic carbocycles. The first-order valence-corrected chi connectivity index (χ1v) is 4.67. The second-order valence-corrected chi connectivity index (χ2v) is 3.91. The fourth-order valence-electron chi connectivity index (χ4n) is 2.33. The Bertz CT molecular complexity index is 225. The Hall–Kier alpha value is -0.770. The van der Waals surface area contributed by atoms with Gasteiger partial charge in [-0.05, 0) is 24.4 Å². The van der Waals surface area contributed by atoms with Gasteiger partial charge in [-0.25, -0.2) is 0 Å². The Kier molecular flexibility index (Phi) is 2.40. The first-order chi connectivity index (χ1) is 6.37. The van der Waals surface area contributed by atoms with Crippen molar-refractivity contribution in [1.29, 1.82) is 0 Å². The number of nitrogens with one attached hydrogen (secondary N) is 1. The standard InChI is InChI=1S/C8H14N4O/c9-12-11-4-7-3-10-5-8(7)1-2-13-6-8/h7,10H,1-6H2. The monoisotopic (exact) mass is 182 g/mol. The SMILES string of the molecule is [N-]=[N+]=NCC1CNCC12CCOC2. The number of rotatable bonds is 2. The van der Waals surface area contributed by atoms with Crippen LogP contribution in [-0.2, 0) is 4.74 Å². The maximum absolute atomic E-state index is 8.26. The summed E-state index contributed by atoms with van der Waals surface area (Å²) < 4.78 is 5.42. The molecule has 0 radical (unpaired) electrons. The normalized spacial score (nSPS) is 38.0. The molecule has 72 valence electrons. The molecule has 2 fully saturated rings. The molecule has 5 heteroatoms. The fourth-order valence-corrected chi connectivity index (χ4v) is 2.33. The van der Waals surface area contributed by atoms with Crippen LogP contribution in [0.1, 0.15) is 6.42 Å². The van der Waals surface area contributed by atoms with E-state index in [1.165, 1.54) is 0 Å². The van der Waals surface area contributed by atoms with E-state index < -0.39 is 0 Å². The molecule has 2 unspecified atom stereocenters. The van der Waals surface area contributed by atoms with Crippen LogP contribution in [0.4, 0.5) is 0 Å². The van der Waals surface area contributed by atoms with Crippen LogP contribution in [-0.4, -0.2) is 32.8 Å². The lowest BCUT2D eigenvalue weighted by atomic mass is 9.77. The molecule has 5 nitrogen and oxygen atoms in total. The van der Waals surface area contributed by atoms with Gasteiger partial charge in [0.2, 0.25) is 0 Å². The highest BCUT2D eigenvalue weighted by molar-refractivity contribution is 4.98. The largest absolute Gasteiger partial charge is 0.381 e. The van der Waals surface area contributed by atoms with E-state index in [1.807, 2.05) is 0 Å². The van der Waals surface area contributed by atoms with E-state index in [-0.39, 0.29) is 5.41 Å². The number of azide groups is 1. The van der Waals surface area contributed by atoms with Gasteiger partial charge >= 0.3 is 0 Å². The highest BCUT2D eigenvalue weighted by Crippen LogP contribution is 2.39. The van der Waals surface area contributed by atoms with Gasteiger partial charge in [-0.1, -0.05) is 5.11 Å². The summed E-state index contributed by atoms with van der Waals surface area (Å²) in [5.74, 6) is 0.464. The van der Waals surface area contributed by atoms with Crippen LogP contribution in [0.5, 0.6) is 0 Å². The van der Waals surface area contributed by atoms with Crippen molar-refractivity contribution in [1.82, 2.24) is 5.32 Å². The molecular weight excluding hydrogens is 168 g/mol. The summed E-state index contributed by atoms with van der Waals surface area (Å²) in [6.45, 7) is 4.26. The van der Waals surface area contributed by atoms with Gasteiger partial charge < -0.3 is 10.1 Å². The summed E-state index contributed by atoms with van der Waals surface area (Å²) in [5, 5.41) is 7.01. The van der Waals surface area contributed by atoms with E-state index in [0.717, 1.165) is 32.7 Å². The van der Waals surface area contributed by atoms with Crippen molar-refractivity contribution < 1.29 is 4.74 Å². The van der Waals surface area contributed by atoms with E-state index in [1.54, 1.807) is 0 Å². The highest BCUT2D eigenvalue weighted by Gasteiger charge is 2.45. The smallest absolute Gasteiger partial charge is 0.0538 e. The van der Waals surface area contributed by atoms with Crippen LogP contribution in [0, 0.1) is 11.3 Å². The van der Waals surface area contributed by atoms with Crippen LogP contribution in [0.25, 0.3) is 10.4 Å². The van der Waals surface area contributed by atoms with Crippen molar-refractivity contribution in [3.63, 3.8) is 0 Å². The van der Waals surface area contributed by atoms with Gasteiger partial charge in [-0.15, -0.1) is 0 Å². The summed E-state index contributed by atoms with van der Waals surface area (Å²) >= 11 is 0. The maximum Gasteiger partial charge on any atom is 0.0538 e. The molecule has 2 heterocycles. The second kappa shape index (κ2) is 3.54. The molecule has 0 bridgehead atoms. The van der Waals surface area contributed by atoms with Crippen molar-refractivity contribution in [2.24, 2.45) is 16.4 Å². The first-order valence-electron chi connectivity index (χ1n) is 4.67. The Morgan fingerprint density at radius 3 is 3.31 bits per heavy atom. The van der Waals surface area contributed by atoms with E-state index in [0.29, 0.717) is 12.5 Å². The van der Waals surface area contributed by atoms with Crippen LogP contribution >= 0.6 is 0 Å². The topological polar surface area (TPSA) is 70.0 Å². The van der Waals surface area contributed by atoms with Crippen molar-refractivity contribution in [3.05, 3.63) is 10.4 Å². The highest BCUT2D eigenvalue weighted by atomic mass is 16.5. The lowest BCUT2D eigenvalue weighted by Gasteiger charge is -2.26. The molecule has 1 spiro atoms. The lowest BCUT2D eigenvalue weighted by Crippen LogP contribution is -2.32. The average molecular weight is 182 g/mol. The maximum atomic E-state index is 8.26. The summed E-state index contributed by atoms with van der Waals surface area (Å²) in [6.07, 6.45) is 1.10. The Labute approximate surface area is 77.1 Å². The first kappa shape index (κ1) is 8.81. The van der Waals surface area contributed by atoms with Gasteiger partial charge in [0.05, 0.1) is 6.61 Å². The molecule has 1 N–H and O–H groups in total. The van der Waals surface area contributed by atoms with Crippen LogP contribution in [0.15, 0.2) is 5.11 Å². The molecule has 2 atom stereocenters. The van der Waals surface area contributed by atoms with Crippen LogP contribution < -0.4 is 5.32 Å². The molecule has 2 rings (SSSR count). The number of ether oxygens (including phenoxy) is 1. The van der Waals surface area contributed by atoms with E-state index in [9.17, 15) is 0 Å². The van der Waals surface area contributed by atoms with Gasteiger partial charge in [-0.3, -0.25) is 0 Å². The molecule has 0 aromatic carbocycles. The predicted octanol–water partition coefficient (Wildman–Crippen LogP) is 0.923. The summed E-state index contributed by atoms with van der Waals surface area (Å²) in [6, 6.07) is 0. The van der Waals surface area contributed by atoms with Gasteiger partial charge in [0.15, 0.2) is 0 Å². The van der Waals surface area contributed by atoms with E-state index in [2.05, 4.69) is 15.3 Å². The van der Waals surface area contributed by atoms with Crippen molar-refractivity contribution in [2.45, 2.75) is 6.42 Å². The number of hydrogen-bond acceptors (Lipinski definition) is 3. The third kappa shape index (κ3) is 1.50. The summed E-state index contributed by atoms with van der Waals surface area (Å²) in [5.41, 5.74) is 8.52. The molecule has 2 aliphatic heterocycles. The molecule has 0 saturated carbocycles. The molecular formula is C8H14N4O. The minimum atomic E-state index is 0.258. The minimum Gasteiger partial charge on any atom is -0.381 e. The van der Waals surface area contributed by atoms with Gasteiger partial charge in [-0.2, -0.15) is 0 Å². The molecule has 0 aromatic rings. The Balaban J connectivity index is 2.04. The van der Waals surface area contributed by atoms with Gasteiger partial charge in [0, 0.05) is 30.0 Å². The Morgan fingerprint density at radius 2 is 2.62 bits per heavy atom. The number of hydrogen-bond donors (Lipinski definition) is 1. The van der Waals surface area contributed by atoms with E-state index >= 15 is 0 Å². The van der Waals surface area contributed by atoms with Crippen molar-refractivity contribution >= 4 is 0 Å².